The van der Waals surface area contributed by atoms with Crippen molar-refractivity contribution in [2.24, 2.45) is 0 Å². The number of imidazole rings is 1. The van der Waals surface area contributed by atoms with Gasteiger partial charge in [0, 0.05) is 68.9 Å². The third-order valence-corrected chi connectivity index (χ3v) is 13.1. The van der Waals surface area contributed by atoms with Gasteiger partial charge in [-0.05, 0) is 87.1 Å². The van der Waals surface area contributed by atoms with Crippen molar-refractivity contribution < 1.29 is 33.2 Å². The van der Waals surface area contributed by atoms with Gasteiger partial charge in [-0.1, -0.05) is 74.4 Å². The highest BCUT2D eigenvalue weighted by molar-refractivity contribution is 6.25. The second kappa shape index (κ2) is 21.9. The quantitative estimate of drug-likeness (QED) is 0.0456. The number of fused-ring (bicyclic) bond motifs is 2. The first-order valence-electron chi connectivity index (χ1n) is 23.8. The molecule has 0 bridgehead atoms. The van der Waals surface area contributed by atoms with E-state index >= 15 is 0 Å². The standard InChI is InChI=1S/C51H62N8O7/c1-34-47(35(2)66-56-34)37-19-22-42-41(33-37)54-44(58(42)28-27-57-29-31-65-32-30-57)24-18-36-16-20-38(21-17-36)53-45(60)15-10-8-6-4-3-5-7-9-11-26-52-40-14-12-13-39-48(40)51(64)59(50(39)63)43-23-25-46(61)55-49(43)62/h12-14,16-17,19-22,33,43,52H,3-11,15,18,23-32H2,1-2H3,(H,53,60)(H,55,61,62). The minimum atomic E-state index is -0.978. The van der Waals surface area contributed by atoms with Gasteiger partial charge in [0.15, 0.2) is 0 Å². The number of rotatable bonds is 22. The number of unbranched alkanes of at least 4 members (excludes halogenated alkanes) is 8. The lowest BCUT2D eigenvalue weighted by Crippen LogP contribution is -2.54. The Labute approximate surface area is 386 Å². The van der Waals surface area contributed by atoms with Crippen LogP contribution in [0.5, 0.6) is 0 Å². The highest BCUT2D eigenvalue weighted by Gasteiger charge is 2.45. The molecule has 15 nitrogen and oxygen atoms in total. The van der Waals surface area contributed by atoms with E-state index in [2.05, 4.69) is 60.9 Å². The normalized spacial score (nSPS) is 16.6. The van der Waals surface area contributed by atoms with Crippen molar-refractivity contribution in [2.75, 3.05) is 50.0 Å². The first kappa shape index (κ1) is 46.3. The zero-order chi connectivity index (χ0) is 46.0. The molecular weight excluding hydrogens is 837 g/mol. The van der Waals surface area contributed by atoms with Crippen LogP contribution in [0.25, 0.3) is 22.2 Å². The van der Waals surface area contributed by atoms with Gasteiger partial charge in [0.05, 0.1) is 41.1 Å². The Morgan fingerprint density at radius 1 is 0.818 bits per heavy atom. The number of aromatic nitrogens is 3. The van der Waals surface area contributed by atoms with E-state index in [9.17, 15) is 24.0 Å². The van der Waals surface area contributed by atoms with Crippen molar-refractivity contribution in [2.45, 2.75) is 116 Å². The number of nitrogens with zero attached hydrogens (tertiary/aromatic N) is 5. The largest absolute Gasteiger partial charge is 0.384 e. The molecule has 1 atom stereocenters. The SMILES string of the molecule is Cc1noc(C)c1-c1ccc2c(c1)nc(CCc1ccc(NC(=O)CCCCCCCCCCCNc3cccc4c3C(=O)N(C3CCC(=O)NC3=O)C4=O)cc1)n2CCN1CCOCC1. The molecule has 0 aliphatic carbocycles. The minimum Gasteiger partial charge on any atom is -0.384 e. The highest BCUT2D eigenvalue weighted by atomic mass is 16.5. The highest BCUT2D eigenvalue weighted by Crippen LogP contribution is 2.33. The Morgan fingerprint density at radius 2 is 1.56 bits per heavy atom. The summed E-state index contributed by atoms with van der Waals surface area (Å²) in [7, 11) is 0. The number of ether oxygens (including phenoxy) is 1. The van der Waals surface area contributed by atoms with Gasteiger partial charge in [0.25, 0.3) is 11.8 Å². The number of hydrogen-bond acceptors (Lipinski definition) is 11. The van der Waals surface area contributed by atoms with E-state index in [-0.39, 0.29) is 24.3 Å². The second-order valence-electron chi connectivity index (χ2n) is 17.8. The molecule has 0 radical (unpaired) electrons. The molecule has 2 fully saturated rings. The molecule has 66 heavy (non-hydrogen) atoms. The molecule has 0 saturated carbocycles. The summed E-state index contributed by atoms with van der Waals surface area (Å²) < 4.78 is 13.4. The Hall–Kier alpha value is -6.19. The number of carbonyl (C=O) groups is 5. The van der Waals surface area contributed by atoms with Gasteiger partial charge >= 0.3 is 0 Å². The lowest BCUT2D eigenvalue weighted by Gasteiger charge is -2.27. The van der Waals surface area contributed by atoms with E-state index in [0.717, 1.165) is 160 Å². The first-order chi connectivity index (χ1) is 32.1. The van der Waals surface area contributed by atoms with E-state index in [0.29, 0.717) is 24.2 Å². The summed E-state index contributed by atoms with van der Waals surface area (Å²) in [6.07, 6.45) is 11.9. The van der Waals surface area contributed by atoms with E-state index in [1.807, 2.05) is 26.0 Å². The predicted octanol–water partition coefficient (Wildman–Crippen LogP) is 7.78. The minimum absolute atomic E-state index is 0.0457. The summed E-state index contributed by atoms with van der Waals surface area (Å²) in [5.74, 6) is -0.0905. The molecule has 3 N–H and O–H groups in total. The average molecular weight is 899 g/mol. The molecule has 2 aromatic heterocycles. The van der Waals surface area contributed by atoms with Crippen molar-refractivity contribution in [1.82, 2.24) is 29.8 Å². The Balaban J connectivity index is 0.706. The van der Waals surface area contributed by atoms with Gasteiger partial charge in [0.1, 0.15) is 17.6 Å². The fourth-order valence-corrected chi connectivity index (χ4v) is 9.50. The molecular formula is C51H62N8O7. The summed E-state index contributed by atoms with van der Waals surface area (Å²) in [6, 6.07) is 18.8. The Kier molecular flexibility index (Phi) is 15.4. The summed E-state index contributed by atoms with van der Waals surface area (Å²) in [4.78, 5) is 71.8. The zero-order valence-corrected chi connectivity index (χ0v) is 38.3. The number of carbonyl (C=O) groups excluding carboxylic acids is 5. The molecule has 3 aromatic carbocycles. The van der Waals surface area contributed by atoms with Gasteiger partial charge in [-0.15, -0.1) is 0 Å². The van der Waals surface area contributed by atoms with E-state index in [1.165, 1.54) is 5.56 Å². The number of piperidine rings is 1. The Bertz CT molecular complexity index is 2520. The van der Waals surface area contributed by atoms with Gasteiger partial charge in [-0.2, -0.15) is 0 Å². The van der Waals surface area contributed by atoms with Crippen LogP contribution in [-0.2, 0) is 38.5 Å². The lowest BCUT2D eigenvalue weighted by atomic mass is 10.0. The number of anilines is 2. The molecule has 5 amide bonds. The fraction of sp³-hybridized carbons (Fsp3) is 0.471. The van der Waals surface area contributed by atoms with Gasteiger partial charge < -0.3 is 24.5 Å². The lowest BCUT2D eigenvalue weighted by molar-refractivity contribution is -0.136. The molecule has 5 heterocycles. The zero-order valence-electron chi connectivity index (χ0n) is 38.3. The molecule has 1 unspecified atom stereocenters. The third-order valence-electron chi connectivity index (χ3n) is 13.1. The van der Waals surface area contributed by atoms with Crippen LogP contribution in [0.15, 0.2) is 65.2 Å². The topological polar surface area (TPSA) is 181 Å². The van der Waals surface area contributed by atoms with Crippen molar-refractivity contribution in [3.8, 4) is 11.1 Å². The molecule has 0 spiro atoms. The van der Waals surface area contributed by atoms with Crippen molar-refractivity contribution in [1.29, 1.82) is 0 Å². The molecule has 348 valence electrons. The molecule has 3 aliphatic rings. The van der Waals surface area contributed by atoms with Crippen molar-refractivity contribution >= 4 is 51.9 Å². The predicted molar refractivity (Wildman–Crippen MR) is 252 cm³/mol. The summed E-state index contributed by atoms with van der Waals surface area (Å²) in [6.45, 7) is 9.82. The van der Waals surface area contributed by atoms with Gasteiger partial charge in [0.2, 0.25) is 17.7 Å². The number of imide groups is 2. The fourth-order valence-electron chi connectivity index (χ4n) is 9.50. The average Bonchev–Trinajstić information content (AvgIpc) is 3.94. The third kappa shape index (κ3) is 11.1. The number of benzene rings is 3. The maximum absolute atomic E-state index is 13.3. The monoisotopic (exact) mass is 898 g/mol. The summed E-state index contributed by atoms with van der Waals surface area (Å²) in [5.41, 5.74) is 8.24. The van der Waals surface area contributed by atoms with E-state index in [4.69, 9.17) is 14.2 Å². The van der Waals surface area contributed by atoms with Crippen molar-refractivity contribution in [3.05, 3.63) is 94.6 Å². The van der Waals surface area contributed by atoms with Crippen LogP contribution in [0.1, 0.15) is 121 Å². The van der Waals surface area contributed by atoms with Crippen molar-refractivity contribution in [3.63, 3.8) is 0 Å². The van der Waals surface area contributed by atoms with Crippen LogP contribution in [0.2, 0.25) is 0 Å². The van der Waals surface area contributed by atoms with E-state index < -0.39 is 29.7 Å². The smallest absolute Gasteiger partial charge is 0.264 e. The van der Waals surface area contributed by atoms with Crippen LogP contribution in [0, 0.1) is 13.8 Å². The summed E-state index contributed by atoms with van der Waals surface area (Å²) >= 11 is 0. The molecule has 2 saturated heterocycles. The van der Waals surface area contributed by atoms with Gasteiger partial charge in [-0.3, -0.25) is 39.1 Å². The number of aryl methyl sites for hydroxylation is 4. The van der Waals surface area contributed by atoms with Gasteiger partial charge in [-0.25, -0.2) is 4.98 Å². The van der Waals surface area contributed by atoms with Crippen LogP contribution in [0.4, 0.5) is 11.4 Å². The number of hydrogen-bond donors (Lipinski definition) is 3. The number of morpholine rings is 1. The van der Waals surface area contributed by atoms with Crippen LogP contribution in [0.3, 0.4) is 0 Å². The maximum Gasteiger partial charge on any atom is 0.264 e. The Morgan fingerprint density at radius 3 is 2.29 bits per heavy atom. The van der Waals surface area contributed by atoms with E-state index in [1.54, 1.807) is 18.2 Å². The maximum atomic E-state index is 13.3. The molecule has 3 aliphatic heterocycles. The summed E-state index contributed by atoms with van der Waals surface area (Å²) in [5, 5.41) is 12.8. The molecule has 8 rings (SSSR count). The first-order valence-corrected chi connectivity index (χ1v) is 23.8. The van der Waals surface area contributed by atoms with Crippen LogP contribution < -0.4 is 16.0 Å². The molecule has 15 heteroatoms. The number of amides is 5. The second-order valence-corrected chi connectivity index (χ2v) is 17.8. The van der Waals surface area contributed by atoms with Crippen LogP contribution in [-0.4, -0.2) is 99.5 Å². The molecule has 5 aromatic rings. The van der Waals surface area contributed by atoms with Crippen LogP contribution >= 0.6 is 0 Å². The number of nitrogens with one attached hydrogen (secondary N) is 3.